The summed E-state index contributed by atoms with van der Waals surface area (Å²) in [5, 5.41) is 13.6. The summed E-state index contributed by atoms with van der Waals surface area (Å²) < 4.78 is 5.46. The van der Waals surface area contributed by atoms with Crippen molar-refractivity contribution < 1.29 is 15.0 Å². The predicted octanol–water partition coefficient (Wildman–Crippen LogP) is -0.174. The number of hydrogen-bond acceptors (Lipinski definition) is 4. The highest BCUT2D eigenvalue weighted by Gasteiger charge is 2.01. The van der Waals surface area contributed by atoms with Gasteiger partial charge < -0.3 is 27.1 Å². The van der Waals surface area contributed by atoms with Gasteiger partial charge in [-0.2, -0.15) is 4.99 Å². The molecule has 7 N–H and O–H groups in total. The minimum absolute atomic E-state index is 0.0521. The van der Waals surface area contributed by atoms with Crippen LogP contribution in [0.4, 0.5) is 0 Å². The van der Waals surface area contributed by atoms with Crippen molar-refractivity contribution in [2.45, 2.75) is 13.5 Å². The zero-order chi connectivity index (χ0) is 16.3. The maximum absolute atomic E-state index is 8.36. The first-order chi connectivity index (χ1) is 9.86. The SMILES string of the molecule is CCOc1ccccc1CN=C(N)N=C(N)N.O=[N+]([O-])O. The maximum Gasteiger partial charge on any atom is 0.291 e. The average molecular weight is 298 g/mol. The summed E-state index contributed by atoms with van der Waals surface area (Å²) in [5.41, 5.74) is 16.8. The second kappa shape index (κ2) is 9.83. The summed E-state index contributed by atoms with van der Waals surface area (Å²) in [7, 11) is 0. The lowest BCUT2D eigenvalue weighted by molar-refractivity contribution is -0.742. The molecule has 1 rings (SSSR count). The number of rotatable bonds is 4. The fourth-order valence-corrected chi connectivity index (χ4v) is 1.26. The van der Waals surface area contributed by atoms with Gasteiger partial charge in [-0.05, 0) is 13.0 Å². The molecule has 116 valence electrons. The highest BCUT2D eigenvalue weighted by molar-refractivity contribution is 5.92. The average Bonchev–Trinajstić information content (AvgIpc) is 2.36. The summed E-state index contributed by atoms with van der Waals surface area (Å²) in [6, 6.07) is 7.60. The normalized spacial score (nSPS) is 10.0. The number of para-hydroxylation sites is 1. The number of hydrogen-bond donors (Lipinski definition) is 4. The van der Waals surface area contributed by atoms with Crippen molar-refractivity contribution in [1.82, 2.24) is 0 Å². The van der Waals surface area contributed by atoms with E-state index in [9.17, 15) is 0 Å². The van der Waals surface area contributed by atoms with Gasteiger partial charge in [0.15, 0.2) is 5.96 Å². The summed E-state index contributed by atoms with van der Waals surface area (Å²) in [6.07, 6.45) is 0. The zero-order valence-corrected chi connectivity index (χ0v) is 11.5. The molecule has 0 saturated heterocycles. The number of benzene rings is 1. The highest BCUT2D eigenvalue weighted by Crippen LogP contribution is 2.18. The first-order valence-electron chi connectivity index (χ1n) is 5.80. The van der Waals surface area contributed by atoms with Gasteiger partial charge in [0.2, 0.25) is 5.96 Å². The molecule has 0 unspecified atom stereocenters. The number of ether oxygens (including phenoxy) is 1. The summed E-state index contributed by atoms with van der Waals surface area (Å²) >= 11 is 0. The third-order valence-corrected chi connectivity index (χ3v) is 1.93. The van der Waals surface area contributed by atoms with Gasteiger partial charge in [-0.25, -0.2) is 4.99 Å². The van der Waals surface area contributed by atoms with Crippen molar-refractivity contribution in [3.8, 4) is 5.75 Å². The molecule has 0 aliphatic rings. The molecule has 0 atom stereocenters. The van der Waals surface area contributed by atoms with Gasteiger partial charge in [-0.15, -0.1) is 10.1 Å². The molecule has 0 aliphatic carbocycles. The molecular weight excluding hydrogens is 280 g/mol. The van der Waals surface area contributed by atoms with Crippen LogP contribution in [0.25, 0.3) is 0 Å². The Morgan fingerprint density at radius 1 is 1.38 bits per heavy atom. The molecule has 0 saturated carbocycles. The Morgan fingerprint density at radius 2 is 1.95 bits per heavy atom. The molecule has 1 aromatic carbocycles. The van der Waals surface area contributed by atoms with Gasteiger partial charge in [-0.1, -0.05) is 18.2 Å². The Bertz CT molecular complexity index is 509. The van der Waals surface area contributed by atoms with Gasteiger partial charge in [0.25, 0.3) is 5.09 Å². The standard InChI is InChI=1S/C11H17N5O.HNO3/c1-2-17-9-6-4-3-5-8(9)7-15-11(14)16-10(12)13;2-1(3)4/h3-6H,2,7H2,1H3,(H6,12,13,14,15,16);(H,2,3,4). The Labute approximate surface area is 121 Å². The Kier molecular flexibility index (Phi) is 8.41. The fraction of sp³-hybridized carbons (Fsp3) is 0.273. The van der Waals surface area contributed by atoms with Crippen molar-refractivity contribution in [3.05, 3.63) is 39.9 Å². The van der Waals surface area contributed by atoms with Crippen molar-refractivity contribution in [1.29, 1.82) is 0 Å². The Balaban J connectivity index is 0.000000885. The van der Waals surface area contributed by atoms with E-state index < -0.39 is 5.09 Å². The van der Waals surface area contributed by atoms with E-state index in [4.69, 9.17) is 37.3 Å². The van der Waals surface area contributed by atoms with Crippen LogP contribution in [0.15, 0.2) is 34.3 Å². The first-order valence-corrected chi connectivity index (χ1v) is 5.80. The van der Waals surface area contributed by atoms with Crippen molar-refractivity contribution in [3.63, 3.8) is 0 Å². The summed E-state index contributed by atoms with van der Waals surface area (Å²) in [6.45, 7) is 2.90. The lowest BCUT2D eigenvalue weighted by atomic mass is 10.2. The van der Waals surface area contributed by atoms with Gasteiger partial charge in [-0.3, -0.25) is 0 Å². The fourth-order valence-electron chi connectivity index (χ4n) is 1.26. The van der Waals surface area contributed by atoms with Gasteiger partial charge >= 0.3 is 0 Å². The van der Waals surface area contributed by atoms with E-state index in [1.165, 1.54) is 0 Å². The summed E-state index contributed by atoms with van der Waals surface area (Å²) in [5.74, 6) is 0.733. The molecule has 0 radical (unpaired) electrons. The molecule has 0 fully saturated rings. The molecule has 0 aromatic heterocycles. The Hall–Kier alpha value is -3.04. The van der Waals surface area contributed by atoms with E-state index in [0.717, 1.165) is 11.3 Å². The minimum atomic E-state index is -1.50. The van der Waals surface area contributed by atoms with Crippen LogP contribution in [0.5, 0.6) is 5.75 Å². The first kappa shape index (κ1) is 18.0. The molecular formula is C11H18N6O4. The summed E-state index contributed by atoms with van der Waals surface area (Å²) in [4.78, 5) is 16.0. The molecule has 0 amide bonds. The van der Waals surface area contributed by atoms with Crippen LogP contribution in [0.3, 0.4) is 0 Å². The van der Waals surface area contributed by atoms with Gasteiger partial charge in [0, 0.05) is 5.56 Å². The lowest BCUT2D eigenvalue weighted by Crippen LogP contribution is -2.26. The minimum Gasteiger partial charge on any atom is -0.494 e. The lowest BCUT2D eigenvalue weighted by Gasteiger charge is -2.07. The largest absolute Gasteiger partial charge is 0.494 e. The number of guanidine groups is 2. The molecule has 1 aromatic rings. The van der Waals surface area contributed by atoms with Crippen LogP contribution in [0, 0.1) is 10.1 Å². The van der Waals surface area contributed by atoms with E-state index in [1.54, 1.807) is 0 Å². The van der Waals surface area contributed by atoms with E-state index in [1.807, 2.05) is 31.2 Å². The van der Waals surface area contributed by atoms with Crippen molar-refractivity contribution >= 4 is 11.9 Å². The Morgan fingerprint density at radius 3 is 2.48 bits per heavy atom. The molecule has 0 spiro atoms. The van der Waals surface area contributed by atoms with Gasteiger partial charge in [0.05, 0.1) is 13.2 Å². The topological polar surface area (TPSA) is 175 Å². The van der Waals surface area contributed by atoms with Crippen molar-refractivity contribution in [2.24, 2.45) is 27.2 Å². The quantitative estimate of drug-likeness (QED) is 0.258. The third-order valence-electron chi connectivity index (χ3n) is 1.93. The van der Waals surface area contributed by atoms with E-state index in [2.05, 4.69) is 9.98 Å². The van der Waals surface area contributed by atoms with Crippen LogP contribution in [0.1, 0.15) is 12.5 Å². The number of nitrogens with zero attached hydrogens (tertiary/aromatic N) is 3. The molecule has 0 bridgehead atoms. The van der Waals surface area contributed by atoms with Crippen molar-refractivity contribution in [2.75, 3.05) is 6.61 Å². The van der Waals surface area contributed by atoms with Crippen LogP contribution < -0.4 is 21.9 Å². The molecule has 21 heavy (non-hydrogen) atoms. The van der Waals surface area contributed by atoms with Crippen LogP contribution in [-0.2, 0) is 6.54 Å². The zero-order valence-electron chi connectivity index (χ0n) is 11.5. The molecule has 10 nitrogen and oxygen atoms in total. The van der Waals surface area contributed by atoms with E-state index in [-0.39, 0.29) is 11.9 Å². The number of aliphatic imine (C=N–C) groups is 2. The smallest absolute Gasteiger partial charge is 0.291 e. The van der Waals surface area contributed by atoms with Gasteiger partial charge in [0.1, 0.15) is 5.75 Å². The monoisotopic (exact) mass is 298 g/mol. The molecule has 10 heteroatoms. The second-order valence-electron chi connectivity index (χ2n) is 3.49. The van der Waals surface area contributed by atoms with Crippen LogP contribution in [0.2, 0.25) is 0 Å². The molecule has 0 aliphatic heterocycles. The number of nitrogens with two attached hydrogens (primary N) is 3. The maximum atomic E-state index is 8.36. The van der Waals surface area contributed by atoms with E-state index in [0.29, 0.717) is 13.2 Å². The molecule has 0 heterocycles. The predicted molar refractivity (Wildman–Crippen MR) is 77.5 cm³/mol. The van der Waals surface area contributed by atoms with Crippen LogP contribution in [-0.4, -0.2) is 28.8 Å². The van der Waals surface area contributed by atoms with Crippen LogP contribution >= 0.6 is 0 Å². The third kappa shape index (κ3) is 9.53. The van der Waals surface area contributed by atoms with E-state index >= 15 is 0 Å². The highest BCUT2D eigenvalue weighted by atomic mass is 16.9. The second-order valence-corrected chi connectivity index (χ2v) is 3.49.